The highest BCUT2D eigenvalue weighted by atomic mass is 79.9. The molecule has 1 aliphatic heterocycles. The van der Waals surface area contributed by atoms with E-state index in [9.17, 15) is 9.90 Å². The maximum absolute atomic E-state index is 11.4. The number of fused-ring (bicyclic) bond motifs is 1. The fraction of sp³-hybridized carbons (Fsp3) is 0.533. The number of benzene rings is 1. The van der Waals surface area contributed by atoms with E-state index in [-0.39, 0.29) is 0 Å². The van der Waals surface area contributed by atoms with Gasteiger partial charge in [0.25, 0.3) is 0 Å². The smallest absolute Gasteiger partial charge is 0.323 e. The van der Waals surface area contributed by atoms with Gasteiger partial charge < -0.3 is 14.6 Å². The van der Waals surface area contributed by atoms with Gasteiger partial charge in [0, 0.05) is 11.0 Å². The molecular weight excluding hydrogens is 338 g/mol. The molecule has 1 aliphatic rings. The van der Waals surface area contributed by atoms with Gasteiger partial charge in [-0.3, -0.25) is 9.69 Å². The molecule has 0 radical (unpaired) electrons. The molecule has 0 spiro atoms. The Bertz CT molecular complexity index is 545. The lowest BCUT2D eigenvalue weighted by Crippen LogP contribution is -2.49. The zero-order chi connectivity index (χ0) is 15.6. The number of halogens is 1. The molecule has 0 amide bonds. The minimum atomic E-state index is -0.929. The summed E-state index contributed by atoms with van der Waals surface area (Å²) in [5, 5.41) is 9.38. The Morgan fingerprint density at radius 1 is 1.33 bits per heavy atom. The van der Waals surface area contributed by atoms with E-state index in [1.807, 2.05) is 24.0 Å². The molecule has 21 heavy (non-hydrogen) atoms. The zero-order valence-electron chi connectivity index (χ0n) is 12.5. The number of hydrogen-bond donors (Lipinski definition) is 1. The molecule has 116 valence electrons. The molecule has 1 aromatic carbocycles. The molecule has 0 bridgehead atoms. The molecule has 0 saturated carbocycles. The van der Waals surface area contributed by atoms with Crippen LogP contribution in [0.1, 0.15) is 26.3 Å². The second kappa shape index (κ2) is 6.23. The van der Waals surface area contributed by atoms with Gasteiger partial charge in [-0.25, -0.2) is 0 Å². The first-order valence-corrected chi connectivity index (χ1v) is 7.72. The summed E-state index contributed by atoms with van der Waals surface area (Å²) in [6.45, 7) is 7.62. The Kier molecular flexibility index (Phi) is 4.78. The summed E-state index contributed by atoms with van der Waals surface area (Å²) in [4.78, 5) is 13.3. The molecule has 1 N–H and O–H groups in total. The van der Waals surface area contributed by atoms with Crippen LogP contribution in [0.3, 0.4) is 0 Å². The standard InChI is InChI=1S/C15H20BrNO4/c1-4-17(15(2,3)14(18)19)9-10-7-12-13(8-11(10)16)21-6-5-20-12/h7-8H,4-6,9H2,1-3H3,(H,18,19). The summed E-state index contributed by atoms with van der Waals surface area (Å²) in [5.41, 5.74) is 0.0528. The highest BCUT2D eigenvalue weighted by molar-refractivity contribution is 9.10. The van der Waals surface area contributed by atoms with Crippen LogP contribution in [0, 0.1) is 0 Å². The first kappa shape index (κ1) is 16.1. The van der Waals surface area contributed by atoms with Crippen molar-refractivity contribution in [1.29, 1.82) is 0 Å². The third-order valence-corrected chi connectivity index (χ3v) is 4.51. The average Bonchev–Trinajstić information content (AvgIpc) is 2.44. The predicted molar refractivity (Wildman–Crippen MR) is 82.9 cm³/mol. The molecule has 2 rings (SSSR count). The minimum absolute atomic E-state index is 0.521. The van der Waals surface area contributed by atoms with Gasteiger partial charge in [-0.2, -0.15) is 0 Å². The lowest BCUT2D eigenvalue weighted by Gasteiger charge is -2.34. The van der Waals surface area contributed by atoms with Crippen molar-refractivity contribution in [1.82, 2.24) is 4.90 Å². The van der Waals surface area contributed by atoms with Gasteiger partial charge in [0.1, 0.15) is 18.8 Å². The maximum Gasteiger partial charge on any atom is 0.323 e. The number of carbonyl (C=O) groups is 1. The molecule has 0 aliphatic carbocycles. The van der Waals surface area contributed by atoms with Gasteiger partial charge in [-0.15, -0.1) is 0 Å². The van der Waals surface area contributed by atoms with Crippen LogP contribution in [0.25, 0.3) is 0 Å². The predicted octanol–water partition coefficient (Wildman–Crippen LogP) is 2.91. The van der Waals surface area contributed by atoms with Crippen molar-refractivity contribution in [2.45, 2.75) is 32.9 Å². The van der Waals surface area contributed by atoms with E-state index in [0.717, 1.165) is 15.8 Å². The Morgan fingerprint density at radius 3 is 2.43 bits per heavy atom. The second-order valence-corrected chi connectivity index (χ2v) is 6.32. The first-order chi connectivity index (χ1) is 9.86. The van der Waals surface area contributed by atoms with Crippen molar-refractivity contribution in [3.8, 4) is 11.5 Å². The normalized spacial score (nSPS) is 14.3. The highest BCUT2D eigenvalue weighted by Gasteiger charge is 2.34. The number of nitrogens with zero attached hydrogens (tertiary/aromatic N) is 1. The third-order valence-electron chi connectivity index (χ3n) is 3.77. The molecule has 0 atom stereocenters. The molecule has 6 heteroatoms. The number of likely N-dealkylation sites (N-methyl/N-ethyl adjacent to an activating group) is 1. The molecular formula is C15H20BrNO4. The number of carboxylic acid groups (broad SMARTS) is 1. The minimum Gasteiger partial charge on any atom is -0.486 e. The van der Waals surface area contributed by atoms with Crippen LogP contribution in [-0.2, 0) is 11.3 Å². The van der Waals surface area contributed by atoms with E-state index in [4.69, 9.17) is 9.47 Å². The number of hydrogen-bond acceptors (Lipinski definition) is 4. The number of rotatable bonds is 5. The van der Waals surface area contributed by atoms with Gasteiger partial charge in [0.05, 0.1) is 0 Å². The van der Waals surface area contributed by atoms with Gasteiger partial charge in [-0.1, -0.05) is 22.9 Å². The van der Waals surface area contributed by atoms with Crippen LogP contribution in [0.15, 0.2) is 16.6 Å². The maximum atomic E-state index is 11.4. The molecule has 5 nitrogen and oxygen atoms in total. The Balaban J connectivity index is 2.27. The van der Waals surface area contributed by atoms with E-state index >= 15 is 0 Å². The summed E-state index contributed by atoms with van der Waals surface area (Å²) in [7, 11) is 0. The molecule has 0 aromatic heterocycles. The van der Waals surface area contributed by atoms with Gasteiger partial charge in [-0.05, 0) is 38.1 Å². The average molecular weight is 358 g/mol. The number of aliphatic carboxylic acids is 1. The topological polar surface area (TPSA) is 59.0 Å². The zero-order valence-corrected chi connectivity index (χ0v) is 14.1. The largest absolute Gasteiger partial charge is 0.486 e. The summed E-state index contributed by atoms with van der Waals surface area (Å²) in [6, 6.07) is 3.80. The Hall–Kier alpha value is -1.27. The van der Waals surface area contributed by atoms with Crippen molar-refractivity contribution in [3.05, 3.63) is 22.2 Å². The van der Waals surface area contributed by atoms with Gasteiger partial charge in [0.15, 0.2) is 11.5 Å². The SMILES string of the molecule is CCN(Cc1cc2c(cc1Br)OCCO2)C(C)(C)C(=O)O. The summed E-state index contributed by atoms with van der Waals surface area (Å²) in [6.07, 6.45) is 0. The molecule has 1 heterocycles. The fourth-order valence-electron chi connectivity index (χ4n) is 2.27. The molecule has 0 saturated heterocycles. The van der Waals surface area contributed by atoms with Crippen molar-refractivity contribution in [2.75, 3.05) is 19.8 Å². The van der Waals surface area contributed by atoms with Crippen LogP contribution in [0.4, 0.5) is 0 Å². The Morgan fingerprint density at radius 2 is 1.90 bits per heavy atom. The third kappa shape index (κ3) is 3.32. The van der Waals surface area contributed by atoms with E-state index in [2.05, 4.69) is 15.9 Å². The second-order valence-electron chi connectivity index (χ2n) is 5.47. The van der Waals surface area contributed by atoms with Crippen molar-refractivity contribution >= 4 is 21.9 Å². The summed E-state index contributed by atoms with van der Waals surface area (Å²) >= 11 is 3.53. The number of ether oxygens (including phenoxy) is 2. The van der Waals surface area contributed by atoms with Crippen LogP contribution in [0.2, 0.25) is 0 Å². The van der Waals surface area contributed by atoms with Gasteiger partial charge >= 0.3 is 5.97 Å². The van der Waals surface area contributed by atoms with E-state index in [1.165, 1.54) is 0 Å². The van der Waals surface area contributed by atoms with Crippen molar-refractivity contribution in [3.63, 3.8) is 0 Å². The van der Waals surface area contributed by atoms with E-state index < -0.39 is 11.5 Å². The fourth-order valence-corrected chi connectivity index (χ4v) is 2.72. The first-order valence-electron chi connectivity index (χ1n) is 6.92. The van der Waals surface area contributed by atoms with Crippen LogP contribution < -0.4 is 9.47 Å². The highest BCUT2D eigenvalue weighted by Crippen LogP contribution is 2.36. The quantitative estimate of drug-likeness (QED) is 0.877. The van der Waals surface area contributed by atoms with Crippen LogP contribution in [-0.4, -0.2) is 41.3 Å². The molecule has 0 unspecified atom stereocenters. The van der Waals surface area contributed by atoms with E-state index in [1.54, 1.807) is 13.8 Å². The van der Waals surface area contributed by atoms with E-state index in [0.29, 0.717) is 32.1 Å². The van der Waals surface area contributed by atoms with Crippen molar-refractivity contribution in [2.24, 2.45) is 0 Å². The Labute approximate surface area is 133 Å². The molecule has 1 aromatic rings. The number of carboxylic acids is 1. The molecule has 0 fully saturated rings. The summed E-state index contributed by atoms with van der Waals surface area (Å²) in [5.74, 6) is 0.596. The van der Waals surface area contributed by atoms with Crippen LogP contribution >= 0.6 is 15.9 Å². The summed E-state index contributed by atoms with van der Waals surface area (Å²) < 4.78 is 12.0. The lowest BCUT2D eigenvalue weighted by atomic mass is 10.0. The van der Waals surface area contributed by atoms with Crippen molar-refractivity contribution < 1.29 is 19.4 Å². The monoisotopic (exact) mass is 357 g/mol. The van der Waals surface area contributed by atoms with Gasteiger partial charge in [0.2, 0.25) is 0 Å². The van der Waals surface area contributed by atoms with Crippen LogP contribution in [0.5, 0.6) is 11.5 Å². The lowest BCUT2D eigenvalue weighted by molar-refractivity contribution is -0.149.